The van der Waals surface area contributed by atoms with Crippen molar-refractivity contribution in [3.63, 3.8) is 0 Å². The molecule has 1 N–H and O–H groups in total. The van der Waals surface area contributed by atoms with Gasteiger partial charge in [-0.25, -0.2) is 18.3 Å². The normalized spacial score (nSPS) is 18.4. The van der Waals surface area contributed by atoms with Gasteiger partial charge in [-0.1, -0.05) is 0 Å². The van der Waals surface area contributed by atoms with E-state index in [2.05, 4.69) is 20.4 Å². The molecule has 3 aromatic heterocycles. The standard InChI is InChI=1S/C25H29F2N7O2/c1-13(2)34-14(3)28-22-18(26)10-16(11-21(22)34)17-6-9-33-23(17)24(36-5)30-25(31-33)29-20-7-8-32(15(4)35)12-19(20)27/h6,9-11,13,19-20H,7-8,12H2,1-5H3,(H,29,31)/t19-,20+/m0/s1. The van der Waals surface area contributed by atoms with Crippen LogP contribution in [0.5, 0.6) is 5.88 Å². The molecule has 4 heterocycles. The highest BCUT2D eigenvalue weighted by Gasteiger charge is 2.31. The Kier molecular flexibility index (Phi) is 6.01. The van der Waals surface area contributed by atoms with Crippen LogP contribution in [0.2, 0.25) is 0 Å². The molecule has 9 nitrogen and oxygen atoms in total. The molecule has 0 saturated carbocycles. The number of nitrogens with zero attached hydrogens (tertiary/aromatic N) is 6. The van der Waals surface area contributed by atoms with Gasteiger partial charge in [-0.15, -0.1) is 5.10 Å². The maximum absolute atomic E-state index is 15.1. The number of hydrogen-bond acceptors (Lipinski definition) is 6. The van der Waals surface area contributed by atoms with Crippen LogP contribution in [0.3, 0.4) is 0 Å². The second-order valence-corrected chi connectivity index (χ2v) is 9.44. The molecule has 36 heavy (non-hydrogen) atoms. The molecule has 2 atom stereocenters. The molecule has 0 radical (unpaired) electrons. The molecule has 1 aliphatic heterocycles. The van der Waals surface area contributed by atoms with Gasteiger partial charge in [-0.05, 0) is 51.0 Å². The lowest BCUT2D eigenvalue weighted by molar-refractivity contribution is -0.131. The SMILES string of the molecule is COc1nc(N[C@@H]2CCN(C(C)=O)C[C@@H]2F)nn2ccc(-c3cc(F)c4nc(C)n(C(C)C)c4c3)c12. The fraction of sp³-hybridized carbons (Fsp3) is 0.440. The van der Waals surface area contributed by atoms with Crippen molar-refractivity contribution in [2.45, 2.75) is 52.4 Å². The predicted octanol–water partition coefficient (Wildman–Crippen LogP) is 4.15. The summed E-state index contributed by atoms with van der Waals surface area (Å²) in [5.74, 6) is 0.679. The summed E-state index contributed by atoms with van der Waals surface area (Å²) >= 11 is 0. The third-order valence-electron chi connectivity index (χ3n) is 6.73. The summed E-state index contributed by atoms with van der Waals surface area (Å²) in [5.41, 5.74) is 2.96. The van der Waals surface area contributed by atoms with Crippen molar-refractivity contribution >= 4 is 28.4 Å². The molecule has 5 rings (SSSR count). The highest BCUT2D eigenvalue weighted by Crippen LogP contribution is 2.35. The van der Waals surface area contributed by atoms with Gasteiger partial charge >= 0.3 is 0 Å². The summed E-state index contributed by atoms with van der Waals surface area (Å²) in [6.07, 6.45) is 0.916. The number of halogens is 2. The third kappa shape index (κ3) is 4.02. The van der Waals surface area contributed by atoms with Crippen molar-refractivity contribution in [1.29, 1.82) is 0 Å². The first kappa shape index (κ1) is 24.0. The molecule has 4 aromatic rings. The average Bonchev–Trinajstić information content (AvgIpc) is 3.40. The van der Waals surface area contributed by atoms with Crippen molar-refractivity contribution in [2.24, 2.45) is 0 Å². The quantitative estimate of drug-likeness (QED) is 0.446. The molecule has 1 saturated heterocycles. The number of alkyl halides is 1. The fourth-order valence-electron chi connectivity index (χ4n) is 5.02. The zero-order chi connectivity index (χ0) is 25.7. The predicted molar refractivity (Wildman–Crippen MR) is 133 cm³/mol. The number of piperidine rings is 1. The molecular weight excluding hydrogens is 468 g/mol. The third-order valence-corrected chi connectivity index (χ3v) is 6.73. The molecule has 0 aliphatic carbocycles. The van der Waals surface area contributed by atoms with Crippen LogP contribution < -0.4 is 10.1 Å². The minimum absolute atomic E-state index is 0.0283. The van der Waals surface area contributed by atoms with E-state index in [4.69, 9.17) is 4.74 Å². The first-order valence-corrected chi connectivity index (χ1v) is 12.0. The number of imidazole rings is 1. The van der Waals surface area contributed by atoms with Gasteiger partial charge in [0.05, 0.1) is 25.2 Å². The van der Waals surface area contributed by atoms with E-state index in [1.165, 1.54) is 25.0 Å². The van der Waals surface area contributed by atoms with Crippen LogP contribution >= 0.6 is 0 Å². The van der Waals surface area contributed by atoms with Gasteiger partial charge in [0, 0.05) is 31.3 Å². The van der Waals surface area contributed by atoms with Crippen LogP contribution in [-0.4, -0.2) is 67.4 Å². The molecule has 0 unspecified atom stereocenters. The van der Waals surface area contributed by atoms with Crippen molar-refractivity contribution in [1.82, 2.24) is 29.0 Å². The molecule has 11 heteroatoms. The number of carbonyl (C=O) groups excluding carboxylic acids is 1. The lowest BCUT2D eigenvalue weighted by Crippen LogP contribution is -2.49. The lowest BCUT2D eigenvalue weighted by Gasteiger charge is -2.34. The van der Waals surface area contributed by atoms with Crippen molar-refractivity contribution in [2.75, 3.05) is 25.5 Å². The minimum atomic E-state index is -1.25. The summed E-state index contributed by atoms with van der Waals surface area (Å²) in [4.78, 5) is 21.9. The van der Waals surface area contributed by atoms with Crippen molar-refractivity contribution in [3.8, 4) is 17.0 Å². The largest absolute Gasteiger partial charge is 0.479 e. The van der Waals surface area contributed by atoms with E-state index in [1.54, 1.807) is 10.7 Å². The minimum Gasteiger partial charge on any atom is -0.479 e. The zero-order valence-electron chi connectivity index (χ0n) is 20.9. The summed E-state index contributed by atoms with van der Waals surface area (Å²) < 4.78 is 39.0. The number of rotatable bonds is 5. The number of nitrogens with one attached hydrogen (secondary N) is 1. The summed E-state index contributed by atoms with van der Waals surface area (Å²) in [7, 11) is 1.49. The van der Waals surface area contributed by atoms with Crippen LogP contribution in [0.25, 0.3) is 27.7 Å². The Hall–Kier alpha value is -3.76. The smallest absolute Gasteiger partial charge is 0.244 e. The number of benzene rings is 1. The van der Waals surface area contributed by atoms with E-state index in [0.29, 0.717) is 40.6 Å². The Labute approximate surface area is 207 Å². The number of ether oxygens (including phenoxy) is 1. The van der Waals surface area contributed by atoms with Gasteiger partial charge < -0.3 is 19.5 Å². The Balaban J connectivity index is 1.53. The molecule has 1 aliphatic rings. The Bertz CT molecular complexity index is 1460. The Morgan fingerprint density at radius 3 is 2.72 bits per heavy atom. The maximum atomic E-state index is 15.1. The second-order valence-electron chi connectivity index (χ2n) is 9.44. The number of anilines is 1. The van der Waals surface area contributed by atoms with Crippen molar-refractivity contribution < 1.29 is 18.3 Å². The first-order valence-electron chi connectivity index (χ1n) is 12.0. The number of aryl methyl sites for hydroxylation is 1. The van der Waals surface area contributed by atoms with Gasteiger partial charge in [-0.2, -0.15) is 4.98 Å². The van der Waals surface area contributed by atoms with E-state index < -0.39 is 18.0 Å². The highest BCUT2D eigenvalue weighted by molar-refractivity contribution is 5.90. The average molecular weight is 498 g/mol. The molecule has 1 fully saturated rings. The number of amides is 1. The summed E-state index contributed by atoms with van der Waals surface area (Å²) in [6.45, 7) is 7.85. The molecule has 1 amide bonds. The Morgan fingerprint density at radius 2 is 2.06 bits per heavy atom. The highest BCUT2D eigenvalue weighted by atomic mass is 19.1. The molecule has 0 bridgehead atoms. The van der Waals surface area contributed by atoms with Gasteiger partial charge in [0.25, 0.3) is 0 Å². The van der Waals surface area contributed by atoms with Crippen LogP contribution in [-0.2, 0) is 4.79 Å². The first-order chi connectivity index (χ1) is 17.2. The number of fused-ring (bicyclic) bond motifs is 2. The van der Waals surface area contributed by atoms with Crippen molar-refractivity contribution in [3.05, 3.63) is 36.0 Å². The number of hydrogen-bond donors (Lipinski definition) is 1. The van der Waals surface area contributed by atoms with Crippen LogP contribution in [0.1, 0.15) is 39.1 Å². The van der Waals surface area contributed by atoms with E-state index >= 15 is 4.39 Å². The van der Waals surface area contributed by atoms with Gasteiger partial charge in [0.15, 0.2) is 5.82 Å². The van der Waals surface area contributed by atoms with Gasteiger partial charge in [-0.3, -0.25) is 4.79 Å². The fourth-order valence-corrected chi connectivity index (χ4v) is 5.02. The van der Waals surface area contributed by atoms with Crippen LogP contribution in [0.15, 0.2) is 24.4 Å². The molecule has 0 spiro atoms. The molecular formula is C25H29F2N7O2. The van der Waals surface area contributed by atoms with Crippen LogP contribution in [0, 0.1) is 12.7 Å². The Morgan fingerprint density at radius 1 is 1.28 bits per heavy atom. The van der Waals surface area contributed by atoms with Crippen LogP contribution in [0.4, 0.5) is 14.7 Å². The van der Waals surface area contributed by atoms with Gasteiger partial charge in [0.1, 0.15) is 23.0 Å². The number of likely N-dealkylation sites (tertiary alicyclic amines) is 1. The monoisotopic (exact) mass is 497 g/mol. The topological polar surface area (TPSA) is 89.6 Å². The van der Waals surface area contributed by atoms with E-state index in [1.807, 2.05) is 37.5 Å². The van der Waals surface area contributed by atoms with Gasteiger partial charge in [0.2, 0.25) is 17.7 Å². The summed E-state index contributed by atoms with van der Waals surface area (Å²) in [5, 5.41) is 7.56. The number of carbonyl (C=O) groups is 1. The maximum Gasteiger partial charge on any atom is 0.244 e. The zero-order valence-corrected chi connectivity index (χ0v) is 20.9. The molecule has 190 valence electrons. The summed E-state index contributed by atoms with van der Waals surface area (Å²) in [6, 6.07) is 4.77. The van der Waals surface area contributed by atoms with E-state index in [0.717, 1.165) is 5.82 Å². The van der Waals surface area contributed by atoms with E-state index in [9.17, 15) is 9.18 Å². The molecule has 1 aromatic carbocycles. The number of methoxy groups -OCH3 is 1. The number of aromatic nitrogens is 5. The van der Waals surface area contributed by atoms with E-state index in [-0.39, 0.29) is 30.3 Å². The second kappa shape index (κ2) is 9.03. The lowest BCUT2D eigenvalue weighted by atomic mass is 10.0.